The summed E-state index contributed by atoms with van der Waals surface area (Å²) in [5.74, 6) is -0.732. The van der Waals surface area contributed by atoms with E-state index in [-0.39, 0.29) is 17.8 Å². The van der Waals surface area contributed by atoms with Crippen molar-refractivity contribution in [3.63, 3.8) is 0 Å². The van der Waals surface area contributed by atoms with Gasteiger partial charge in [0, 0.05) is 19.2 Å². The van der Waals surface area contributed by atoms with Gasteiger partial charge in [-0.1, -0.05) is 6.92 Å². The van der Waals surface area contributed by atoms with Crippen molar-refractivity contribution in [2.75, 3.05) is 19.7 Å². The van der Waals surface area contributed by atoms with Crippen LogP contribution in [0.1, 0.15) is 23.8 Å². The molecular formula is C12H17F2N3O3. The summed E-state index contributed by atoms with van der Waals surface area (Å²) in [6.45, 7) is 0.769. The largest absolute Gasteiger partial charge is 0.395 e. The molecule has 0 aromatic carbocycles. The highest BCUT2D eigenvalue weighted by atomic mass is 19.3. The zero-order valence-corrected chi connectivity index (χ0v) is 11.1. The number of rotatable bonds is 7. The van der Waals surface area contributed by atoms with E-state index in [4.69, 9.17) is 5.11 Å². The summed E-state index contributed by atoms with van der Waals surface area (Å²) < 4.78 is 25.9. The molecule has 6 nitrogen and oxygen atoms in total. The lowest BCUT2D eigenvalue weighted by Gasteiger charge is -2.20. The van der Waals surface area contributed by atoms with Gasteiger partial charge in [-0.05, 0) is 12.5 Å². The van der Waals surface area contributed by atoms with E-state index in [0.717, 1.165) is 9.58 Å². The molecule has 1 aromatic heterocycles. The van der Waals surface area contributed by atoms with Crippen LogP contribution in [0.2, 0.25) is 0 Å². The minimum absolute atomic E-state index is 0.0906. The molecule has 0 saturated carbocycles. The van der Waals surface area contributed by atoms with E-state index in [0.29, 0.717) is 13.0 Å². The Balaban J connectivity index is 2.98. The lowest BCUT2D eigenvalue weighted by molar-refractivity contribution is 0.0502. The number of aromatic nitrogens is 2. The van der Waals surface area contributed by atoms with E-state index >= 15 is 0 Å². The molecule has 0 unspecified atom stereocenters. The van der Waals surface area contributed by atoms with Gasteiger partial charge in [0.1, 0.15) is 5.69 Å². The Hall–Kier alpha value is -1.83. The number of aryl methyl sites for hydroxylation is 1. The van der Waals surface area contributed by atoms with Crippen LogP contribution < -0.4 is 5.56 Å². The van der Waals surface area contributed by atoms with Crippen LogP contribution in [0.3, 0.4) is 0 Å². The third-order valence-corrected chi connectivity index (χ3v) is 2.54. The average Bonchev–Trinajstić information content (AvgIpc) is 2.40. The van der Waals surface area contributed by atoms with Gasteiger partial charge in [0.05, 0.1) is 13.2 Å². The van der Waals surface area contributed by atoms with Crippen molar-refractivity contribution in [2.45, 2.75) is 26.3 Å². The van der Waals surface area contributed by atoms with Gasteiger partial charge >= 0.3 is 0 Å². The van der Waals surface area contributed by atoms with Crippen LogP contribution in [-0.4, -0.2) is 51.8 Å². The van der Waals surface area contributed by atoms with E-state index in [1.54, 1.807) is 0 Å². The Morgan fingerprint density at radius 2 is 2.20 bits per heavy atom. The molecule has 112 valence electrons. The topological polar surface area (TPSA) is 75.4 Å². The number of alkyl halides is 2. The number of carbonyl (C=O) groups excluding carboxylic acids is 1. The Morgan fingerprint density at radius 1 is 1.50 bits per heavy atom. The smallest absolute Gasteiger partial charge is 0.274 e. The predicted octanol–water partition coefficient (Wildman–Crippen LogP) is 0.353. The summed E-state index contributed by atoms with van der Waals surface area (Å²) in [5.41, 5.74) is -0.446. The summed E-state index contributed by atoms with van der Waals surface area (Å²) >= 11 is 0. The second-order valence-electron chi connectivity index (χ2n) is 4.15. The van der Waals surface area contributed by atoms with Crippen LogP contribution >= 0.6 is 0 Å². The van der Waals surface area contributed by atoms with Gasteiger partial charge in [0.2, 0.25) is 0 Å². The van der Waals surface area contributed by atoms with Crippen molar-refractivity contribution >= 4 is 5.91 Å². The zero-order valence-electron chi connectivity index (χ0n) is 11.1. The molecule has 0 atom stereocenters. The maximum absolute atomic E-state index is 12.4. The van der Waals surface area contributed by atoms with E-state index in [1.807, 2.05) is 6.92 Å². The van der Waals surface area contributed by atoms with E-state index < -0.39 is 25.5 Å². The average molecular weight is 289 g/mol. The van der Waals surface area contributed by atoms with Gasteiger partial charge in [-0.3, -0.25) is 9.59 Å². The molecule has 0 aliphatic carbocycles. The molecule has 8 heteroatoms. The fraction of sp³-hybridized carbons (Fsp3) is 0.583. The van der Waals surface area contributed by atoms with Crippen LogP contribution in [0.15, 0.2) is 16.9 Å². The number of hydrogen-bond donors (Lipinski definition) is 1. The van der Waals surface area contributed by atoms with Crippen molar-refractivity contribution in [1.82, 2.24) is 14.7 Å². The highest BCUT2D eigenvalue weighted by Gasteiger charge is 2.21. The van der Waals surface area contributed by atoms with Gasteiger partial charge in [0.15, 0.2) is 0 Å². The van der Waals surface area contributed by atoms with Crippen molar-refractivity contribution in [3.05, 3.63) is 28.2 Å². The van der Waals surface area contributed by atoms with Crippen LogP contribution in [-0.2, 0) is 6.54 Å². The third kappa shape index (κ3) is 4.37. The summed E-state index contributed by atoms with van der Waals surface area (Å²) in [5, 5.41) is 12.7. The highest BCUT2D eigenvalue weighted by Crippen LogP contribution is 2.04. The standard InChI is InChI=1S/C12H17F2N3O3/c1-2-5-17-11(19)4-3-9(15-17)12(20)16(6-7-18)8-10(13)14/h3-4,10,18H,2,5-8H2,1H3. The number of aliphatic hydroxyl groups excluding tert-OH is 1. The normalized spacial score (nSPS) is 10.8. The first-order valence-corrected chi connectivity index (χ1v) is 6.26. The van der Waals surface area contributed by atoms with E-state index in [1.165, 1.54) is 12.1 Å². The maximum atomic E-state index is 12.4. The van der Waals surface area contributed by atoms with Crippen molar-refractivity contribution in [2.24, 2.45) is 0 Å². The fourth-order valence-electron chi connectivity index (χ4n) is 1.66. The Labute approximate surface area is 114 Å². The minimum Gasteiger partial charge on any atom is -0.395 e. The summed E-state index contributed by atoms with van der Waals surface area (Å²) in [7, 11) is 0. The first-order valence-electron chi connectivity index (χ1n) is 6.26. The molecule has 1 rings (SSSR count). The molecule has 0 saturated heterocycles. The third-order valence-electron chi connectivity index (χ3n) is 2.54. The van der Waals surface area contributed by atoms with Crippen molar-refractivity contribution in [1.29, 1.82) is 0 Å². The van der Waals surface area contributed by atoms with Gasteiger partial charge in [-0.2, -0.15) is 5.10 Å². The first kappa shape index (κ1) is 16.2. The highest BCUT2D eigenvalue weighted by molar-refractivity contribution is 5.92. The quantitative estimate of drug-likeness (QED) is 0.786. The van der Waals surface area contributed by atoms with E-state index in [2.05, 4.69) is 5.10 Å². The molecule has 1 N–H and O–H groups in total. The molecule has 0 radical (unpaired) electrons. The predicted molar refractivity (Wildman–Crippen MR) is 67.8 cm³/mol. The Morgan fingerprint density at radius 3 is 2.75 bits per heavy atom. The first-order chi connectivity index (χ1) is 9.49. The zero-order chi connectivity index (χ0) is 15.1. The number of amides is 1. The van der Waals surface area contributed by atoms with Crippen LogP contribution in [0, 0.1) is 0 Å². The van der Waals surface area contributed by atoms with Gasteiger partial charge in [0.25, 0.3) is 17.9 Å². The molecule has 0 aliphatic heterocycles. The molecule has 0 bridgehead atoms. The van der Waals surface area contributed by atoms with Gasteiger partial charge < -0.3 is 10.0 Å². The summed E-state index contributed by atoms with van der Waals surface area (Å²) in [4.78, 5) is 24.3. The number of carbonyl (C=O) groups is 1. The number of nitrogens with zero attached hydrogens (tertiary/aromatic N) is 3. The number of hydrogen-bond acceptors (Lipinski definition) is 4. The molecular weight excluding hydrogens is 272 g/mol. The Bertz CT molecular complexity index is 505. The maximum Gasteiger partial charge on any atom is 0.274 e. The molecule has 0 spiro atoms. The molecule has 1 heterocycles. The molecule has 20 heavy (non-hydrogen) atoms. The lowest BCUT2D eigenvalue weighted by atomic mass is 10.3. The molecule has 0 fully saturated rings. The Kier molecular flexibility index (Phi) is 6.23. The minimum atomic E-state index is -2.70. The number of aliphatic hydroxyl groups is 1. The monoisotopic (exact) mass is 289 g/mol. The van der Waals surface area contributed by atoms with Gasteiger partial charge in [-0.25, -0.2) is 13.5 Å². The molecule has 1 aromatic rings. The summed E-state index contributed by atoms with van der Waals surface area (Å²) in [6, 6.07) is 2.38. The fourth-order valence-corrected chi connectivity index (χ4v) is 1.66. The second kappa shape index (κ2) is 7.68. The van der Waals surface area contributed by atoms with Crippen LogP contribution in [0.25, 0.3) is 0 Å². The number of halogens is 2. The van der Waals surface area contributed by atoms with Gasteiger partial charge in [-0.15, -0.1) is 0 Å². The SMILES string of the molecule is CCCn1nc(C(=O)N(CCO)CC(F)F)ccc1=O. The molecule has 1 amide bonds. The lowest BCUT2D eigenvalue weighted by Crippen LogP contribution is -2.38. The van der Waals surface area contributed by atoms with Crippen molar-refractivity contribution < 1.29 is 18.7 Å². The summed E-state index contributed by atoms with van der Waals surface area (Å²) in [6.07, 6.45) is -2.05. The van der Waals surface area contributed by atoms with E-state index in [9.17, 15) is 18.4 Å². The van der Waals surface area contributed by atoms with Crippen molar-refractivity contribution in [3.8, 4) is 0 Å². The molecule has 0 aliphatic rings. The van der Waals surface area contributed by atoms with Crippen LogP contribution in [0.4, 0.5) is 8.78 Å². The van der Waals surface area contributed by atoms with Crippen LogP contribution in [0.5, 0.6) is 0 Å². The second-order valence-corrected chi connectivity index (χ2v) is 4.15.